The summed E-state index contributed by atoms with van der Waals surface area (Å²) in [6.07, 6.45) is 7.17. The van der Waals surface area contributed by atoms with E-state index in [0.29, 0.717) is 19.1 Å². The Kier molecular flexibility index (Phi) is 7.30. The molecule has 0 spiro atoms. The molecule has 7 nitrogen and oxygen atoms in total. The molecule has 1 saturated carbocycles. The standard InChI is InChI=1S/C19H33N3O4S/c1-25-11-5-9-22-17(14-21-10-8-16(13-21)15-26-2)12-20-19(22)27(23,24)18-6-3-4-7-18/h12,16,18H,3-11,13-15H2,1-2H3. The zero-order chi connectivity index (χ0) is 19.3. The van der Waals surface area contributed by atoms with E-state index in [2.05, 4.69) is 9.88 Å². The Labute approximate surface area is 163 Å². The molecular formula is C19H33N3O4S. The van der Waals surface area contributed by atoms with Crippen LogP contribution < -0.4 is 0 Å². The van der Waals surface area contributed by atoms with Crippen LogP contribution in [0, 0.1) is 5.92 Å². The Morgan fingerprint density at radius 2 is 1.96 bits per heavy atom. The van der Waals surface area contributed by atoms with Crippen molar-refractivity contribution in [1.82, 2.24) is 14.5 Å². The zero-order valence-electron chi connectivity index (χ0n) is 16.6. The number of hydrogen-bond donors (Lipinski definition) is 0. The van der Waals surface area contributed by atoms with Crippen LogP contribution in [0.25, 0.3) is 0 Å². The van der Waals surface area contributed by atoms with Gasteiger partial charge >= 0.3 is 0 Å². The quantitative estimate of drug-likeness (QED) is 0.561. The summed E-state index contributed by atoms with van der Waals surface area (Å²) in [5, 5.41) is -0.0139. The highest BCUT2D eigenvalue weighted by Gasteiger charge is 2.35. The minimum Gasteiger partial charge on any atom is -0.385 e. The van der Waals surface area contributed by atoms with E-state index in [4.69, 9.17) is 9.47 Å². The fourth-order valence-corrected chi connectivity index (χ4v) is 6.32. The topological polar surface area (TPSA) is 73.7 Å². The smallest absolute Gasteiger partial charge is 0.228 e. The molecular weight excluding hydrogens is 366 g/mol. The Morgan fingerprint density at radius 1 is 1.19 bits per heavy atom. The molecule has 2 fully saturated rings. The van der Waals surface area contributed by atoms with Gasteiger partial charge in [-0.2, -0.15) is 0 Å². The predicted octanol–water partition coefficient (Wildman–Crippen LogP) is 2.10. The molecule has 0 radical (unpaired) electrons. The highest BCUT2D eigenvalue weighted by molar-refractivity contribution is 7.91. The van der Waals surface area contributed by atoms with Gasteiger partial charge in [-0.1, -0.05) is 12.8 Å². The third-order valence-electron chi connectivity index (χ3n) is 5.79. The molecule has 1 aliphatic heterocycles. The van der Waals surface area contributed by atoms with Crippen molar-refractivity contribution in [1.29, 1.82) is 0 Å². The molecule has 1 atom stereocenters. The summed E-state index contributed by atoms with van der Waals surface area (Å²) in [5.41, 5.74) is 0.987. The first-order chi connectivity index (χ1) is 13.1. The van der Waals surface area contributed by atoms with Crippen molar-refractivity contribution in [2.24, 2.45) is 5.92 Å². The van der Waals surface area contributed by atoms with Crippen molar-refractivity contribution in [3.8, 4) is 0 Å². The second-order valence-corrected chi connectivity index (χ2v) is 9.95. The Hall–Kier alpha value is -0.960. The van der Waals surface area contributed by atoms with Gasteiger partial charge in [-0.05, 0) is 38.1 Å². The molecule has 0 aromatic carbocycles. The lowest BCUT2D eigenvalue weighted by atomic mass is 10.1. The van der Waals surface area contributed by atoms with Crippen molar-refractivity contribution in [2.45, 2.75) is 62.0 Å². The maximum absolute atomic E-state index is 13.1. The Balaban J connectivity index is 1.78. The SMILES string of the molecule is COCCCn1c(CN2CCC(COC)C2)cnc1S(=O)(=O)C1CCCC1. The number of ether oxygens (including phenoxy) is 2. The van der Waals surface area contributed by atoms with Gasteiger partial charge < -0.3 is 14.0 Å². The summed E-state index contributed by atoms with van der Waals surface area (Å²) in [4.78, 5) is 6.77. The van der Waals surface area contributed by atoms with Gasteiger partial charge in [0.15, 0.2) is 0 Å². The molecule has 8 heteroatoms. The van der Waals surface area contributed by atoms with E-state index in [1.807, 2.05) is 4.57 Å². The van der Waals surface area contributed by atoms with E-state index in [0.717, 1.165) is 70.5 Å². The number of imidazole rings is 1. The van der Waals surface area contributed by atoms with Gasteiger partial charge in [0, 0.05) is 40.5 Å². The molecule has 27 heavy (non-hydrogen) atoms. The number of nitrogens with zero attached hydrogens (tertiary/aromatic N) is 3. The summed E-state index contributed by atoms with van der Waals surface area (Å²) < 4.78 is 38.6. The minimum absolute atomic E-state index is 0.258. The molecule has 1 aliphatic carbocycles. The summed E-state index contributed by atoms with van der Waals surface area (Å²) in [6.45, 7) is 4.76. The van der Waals surface area contributed by atoms with Crippen LogP contribution in [0.1, 0.15) is 44.2 Å². The monoisotopic (exact) mass is 399 g/mol. The fourth-order valence-electron chi connectivity index (χ4n) is 4.36. The van der Waals surface area contributed by atoms with Crippen molar-refractivity contribution < 1.29 is 17.9 Å². The van der Waals surface area contributed by atoms with E-state index in [1.54, 1.807) is 20.4 Å². The molecule has 3 rings (SSSR count). The summed E-state index contributed by atoms with van der Waals surface area (Å²) in [5.74, 6) is 0.557. The number of likely N-dealkylation sites (tertiary alicyclic amines) is 1. The van der Waals surface area contributed by atoms with Gasteiger partial charge in [-0.3, -0.25) is 4.90 Å². The van der Waals surface area contributed by atoms with Crippen LogP contribution in [-0.4, -0.2) is 68.6 Å². The van der Waals surface area contributed by atoms with Crippen LogP contribution in [0.5, 0.6) is 0 Å². The highest BCUT2D eigenvalue weighted by Crippen LogP contribution is 2.30. The van der Waals surface area contributed by atoms with E-state index in [9.17, 15) is 8.42 Å². The lowest BCUT2D eigenvalue weighted by Crippen LogP contribution is -2.26. The largest absolute Gasteiger partial charge is 0.385 e. The van der Waals surface area contributed by atoms with Gasteiger partial charge in [0.25, 0.3) is 0 Å². The van der Waals surface area contributed by atoms with Crippen LogP contribution in [-0.2, 0) is 32.4 Å². The predicted molar refractivity (Wildman–Crippen MR) is 103 cm³/mol. The van der Waals surface area contributed by atoms with Gasteiger partial charge in [-0.15, -0.1) is 0 Å². The maximum Gasteiger partial charge on any atom is 0.228 e. The van der Waals surface area contributed by atoms with Crippen molar-refractivity contribution in [2.75, 3.05) is 40.5 Å². The zero-order valence-corrected chi connectivity index (χ0v) is 17.4. The molecule has 1 saturated heterocycles. The molecule has 0 N–H and O–H groups in total. The van der Waals surface area contributed by atoms with E-state index < -0.39 is 9.84 Å². The second kappa shape index (κ2) is 9.49. The van der Waals surface area contributed by atoms with Crippen LogP contribution in [0.3, 0.4) is 0 Å². The summed E-state index contributed by atoms with van der Waals surface area (Å²) in [6, 6.07) is 0. The normalized spacial score (nSPS) is 22.1. The molecule has 1 aromatic heterocycles. The van der Waals surface area contributed by atoms with E-state index in [1.165, 1.54) is 0 Å². The maximum atomic E-state index is 13.1. The first-order valence-electron chi connectivity index (χ1n) is 10.0. The lowest BCUT2D eigenvalue weighted by molar-refractivity contribution is 0.152. The first kappa shape index (κ1) is 20.8. The molecule has 0 amide bonds. The molecule has 0 bridgehead atoms. The Bertz CT molecular complexity index is 698. The third-order valence-corrected chi connectivity index (χ3v) is 7.97. The van der Waals surface area contributed by atoms with E-state index in [-0.39, 0.29) is 10.4 Å². The van der Waals surface area contributed by atoms with Crippen molar-refractivity contribution >= 4 is 9.84 Å². The molecule has 1 aromatic rings. The first-order valence-corrected chi connectivity index (χ1v) is 11.6. The molecule has 154 valence electrons. The molecule has 2 heterocycles. The van der Waals surface area contributed by atoms with E-state index >= 15 is 0 Å². The number of rotatable bonds is 10. The molecule has 1 unspecified atom stereocenters. The van der Waals surface area contributed by atoms with Gasteiger partial charge in [0.05, 0.1) is 23.7 Å². The van der Waals surface area contributed by atoms with Crippen LogP contribution in [0.4, 0.5) is 0 Å². The number of aromatic nitrogens is 2. The summed E-state index contributed by atoms with van der Waals surface area (Å²) >= 11 is 0. The lowest BCUT2D eigenvalue weighted by Gasteiger charge is -2.19. The fraction of sp³-hybridized carbons (Fsp3) is 0.842. The average Bonchev–Trinajstić information content (AvgIpc) is 3.38. The number of sulfone groups is 1. The average molecular weight is 400 g/mol. The van der Waals surface area contributed by atoms with Gasteiger partial charge in [0.1, 0.15) is 0 Å². The summed E-state index contributed by atoms with van der Waals surface area (Å²) in [7, 11) is 0.0494. The van der Waals surface area contributed by atoms with Crippen LogP contribution >= 0.6 is 0 Å². The van der Waals surface area contributed by atoms with Gasteiger partial charge in [0.2, 0.25) is 15.0 Å². The molecule has 2 aliphatic rings. The van der Waals surface area contributed by atoms with Gasteiger partial charge in [-0.25, -0.2) is 13.4 Å². The second-order valence-electron chi connectivity index (χ2n) is 7.83. The number of hydrogen-bond acceptors (Lipinski definition) is 6. The highest BCUT2D eigenvalue weighted by atomic mass is 32.2. The van der Waals surface area contributed by atoms with Crippen molar-refractivity contribution in [3.63, 3.8) is 0 Å². The van der Waals surface area contributed by atoms with Crippen molar-refractivity contribution in [3.05, 3.63) is 11.9 Å². The third kappa shape index (κ3) is 4.91. The van der Waals surface area contributed by atoms with Crippen LogP contribution in [0.2, 0.25) is 0 Å². The van der Waals surface area contributed by atoms with Crippen LogP contribution in [0.15, 0.2) is 11.4 Å². The number of methoxy groups -OCH3 is 2. The Morgan fingerprint density at radius 3 is 2.67 bits per heavy atom. The minimum atomic E-state index is -3.37.